The van der Waals surface area contributed by atoms with E-state index >= 15 is 0 Å². The molecule has 1 N–H and O–H groups in total. The lowest BCUT2D eigenvalue weighted by atomic mass is 9.79. The van der Waals surface area contributed by atoms with Gasteiger partial charge in [-0.05, 0) is 67.6 Å². The van der Waals surface area contributed by atoms with Gasteiger partial charge in [0.05, 0.1) is 6.10 Å². The van der Waals surface area contributed by atoms with Gasteiger partial charge in [0, 0.05) is 0 Å². The molecule has 0 fully saturated rings. The number of aliphatic hydroxyl groups excluding tert-OH is 1. The van der Waals surface area contributed by atoms with Crippen molar-refractivity contribution in [3.8, 4) is 0 Å². The Hall–Kier alpha value is -0.820. The maximum atomic E-state index is 9.75. The van der Waals surface area contributed by atoms with Gasteiger partial charge in [-0.3, -0.25) is 0 Å². The normalized spacial score (nSPS) is 21.8. The van der Waals surface area contributed by atoms with E-state index in [9.17, 15) is 5.11 Å². The molecule has 19 heavy (non-hydrogen) atoms. The molecule has 3 atom stereocenters. The molecule has 1 nitrogen and oxygen atoms in total. The van der Waals surface area contributed by atoms with Crippen LogP contribution in [0.3, 0.4) is 0 Å². The summed E-state index contributed by atoms with van der Waals surface area (Å²) in [5, 5.41) is 9.75. The van der Waals surface area contributed by atoms with Crippen molar-refractivity contribution in [2.24, 2.45) is 5.92 Å². The molecule has 1 aromatic carbocycles. The summed E-state index contributed by atoms with van der Waals surface area (Å²) in [6.45, 7) is 6.50. The van der Waals surface area contributed by atoms with E-state index in [4.69, 9.17) is 0 Å². The first-order valence-electron chi connectivity index (χ1n) is 7.95. The average Bonchev–Trinajstić information content (AvgIpc) is 2.43. The molecule has 0 saturated carbocycles. The summed E-state index contributed by atoms with van der Waals surface area (Å²) in [7, 11) is 0. The van der Waals surface area contributed by atoms with E-state index in [-0.39, 0.29) is 6.10 Å². The fourth-order valence-corrected chi connectivity index (χ4v) is 3.42. The second-order valence-electron chi connectivity index (χ2n) is 6.17. The highest BCUT2D eigenvalue weighted by Crippen LogP contribution is 2.32. The zero-order chi connectivity index (χ0) is 13.8. The van der Waals surface area contributed by atoms with Crippen LogP contribution in [0.15, 0.2) is 18.2 Å². The van der Waals surface area contributed by atoms with Crippen LogP contribution in [0.5, 0.6) is 0 Å². The summed E-state index contributed by atoms with van der Waals surface area (Å²) < 4.78 is 0. The number of aryl methyl sites for hydroxylation is 1. The van der Waals surface area contributed by atoms with Crippen molar-refractivity contribution in [2.45, 2.75) is 71.3 Å². The molecule has 0 heterocycles. The van der Waals surface area contributed by atoms with Crippen LogP contribution in [0.25, 0.3) is 0 Å². The number of hydrogen-bond donors (Lipinski definition) is 1. The van der Waals surface area contributed by atoms with Crippen LogP contribution in [0.2, 0.25) is 0 Å². The molecule has 106 valence electrons. The van der Waals surface area contributed by atoms with Crippen molar-refractivity contribution in [1.82, 2.24) is 0 Å². The molecular formula is C18H28O. The molecule has 0 spiro atoms. The molecule has 3 unspecified atom stereocenters. The standard InChI is InChI=1S/C18H28O/c1-4-6-14(5-2)16-9-10-17-11-15(13(3)19)7-8-18(17)12-16/h9-10,12-15,19H,4-8,11H2,1-3H3. The minimum Gasteiger partial charge on any atom is -0.393 e. The molecule has 0 aliphatic heterocycles. The topological polar surface area (TPSA) is 20.2 Å². The maximum Gasteiger partial charge on any atom is 0.0543 e. The zero-order valence-corrected chi connectivity index (χ0v) is 12.7. The van der Waals surface area contributed by atoms with Crippen LogP contribution in [0, 0.1) is 5.92 Å². The molecule has 0 amide bonds. The molecule has 0 saturated heterocycles. The van der Waals surface area contributed by atoms with Crippen molar-refractivity contribution in [2.75, 3.05) is 0 Å². The summed E-state index contributed by atoms with van der Waals surface area (Å²) in [6.07, 6.45) is 6.96. The largest absolute Gasteiger partial charge is 0.393 e. The Kier molecular flexibility index (Phi) is 5.04. The Balaban J connectivity index is 2.16. The number of fused-ring (bicyclic) bond motifs is 1. The third kappa shape index (κ3) is 3.39. The van der Waals surface area contributed by atoms with Gasteiger partial charge < -0.3 is 5.11 Å². The Morgan fingerprint density at radius 1 is 1.26 bits per heavy atom. The van der Waals surface area contributed by atoms with Gasteiger partial charge in [-0.15, -0.1) is 0 Å². The molecule has 1 aromatic rings. The first kappa shape index (κ1) is 14.6. The van der Waals surface area contributed by atoms with Crippen LogP contribution in [-0.2, 0) is 12.8 Å². The zero-order valence-electron chi connectivity index (χ0n) is 12.7. The highest BCUT2D eigenvalue weighted by atomic mass is 16.3. The van der Waals surface area contributed by atoms with Crippen LogP contribution in [0.4, 0.5) is 0 Å². The number of rotatable bonds is 5. The molecule has 0 aromatic heterocycles. The van der Waals surface area contributed by atoms with Crippen LogP contribution in [-0.4, -0.2) is 11.2 Å². The molecule has 1 heteroatoms. The van der Waals surface area contributed by atoms with Crippen molar-refractivity contribution in [3.63, 3.8) is 0 Å². The first-order valence-corrected chi connectivity index (χ1v) is 7.95. The quantitative estimate of drug-likeness (QED) is 0.828. The third-order valence-electron chi connectivity index (χ3n) is 4.78. The first-order chi connectivity index (χ1) is 9.15. The van der Waals surface area contributed by atoms with Gasteiger partial charge in [-0.25, -0.2) is 0 Å². The third-order valence-corrected chi connectivity index (χ3v) is 4.78. The van der Waals surface area contributed by atoms with E-state index < -0.39 is 0 Å². The summed E-state index contributed by atoms with van der Waals surface area (Å²) in [5.41, 5.74) is 4.52. The van der Waals surface area contributed by atoms with Gasteiger partial charge in [-0.2, -0.15) is 0 Å². The summed E-state index contributed by atoms with van der Waals surface area (Å²) >= 11 is 0. The van der Waals surface area contributed by atoms with Crippen molar-refractivity contribution in [3.05, 3.63) is 34.9 Å². The van der Waals surface area contributed by atoms with Gasteiger partial charge in [0.2, 0.25) is 0 Å². The fraction of sp³-hybridized carbons (Fsp3) is 0.667. The predicted molar refractivity (Wildman–Crippen MR) is 81.6 cm³/mol. The van der Waals surface area contributed by atoms with E-state index in [2.05, 4.69) is 32.0 Å². The van der Waals surface area contributed by atoms with Crippen molar-refractivity contribution >= 4 is 0 Å². The lowest BCUT2D eigenvalue weighted by molar-refractivity contribution is 0.116. The Labute approximate surface area is 118 Å². The van der Waals surface area contributed by atoms with Gasteiger partial charge in [0.15, 0.2) is 0 Å². The Morgan fingerprint density at radius 2 is 2.05 bits per heavy atom. The maximum absolute atomic E-state index is 9.75. The van der Waals surface area contributed by atoms with E-state index in [1.807, 2.05) is 6.92 Å². The number of aliphatic hydroxyl groups is 1. The summed E-state index contributed by atoms with van der Waals surface area (Å²) in [4.78, 5) is 0. The SMILES string of the molecule is CCCC(CC)c1ccc2c(c1)CCC(C(C)O)C2. The van der Waals surface area contributed by atoms with Crippen LogP contribution < -0.4 is 0 Å². The predicted octanol–water partition coefficient (Wildman–Crippen LogP) is 4.47. The summed E-state index contributed by atoms with van der Waals surface area (Å²) in [5.74, 6) is 1.18. The minimum absolute atomic E-state index is 0.170. The fourth-order valence-electron chi connectivity index (χ4n) is 3.42. The van der Waals surface area contributed by atoms with E-state index in [1.54, 1.807) is 0 Å². The number of hydrogen-bond acceptors (Lipinski definition) is 1. The number of benzene rings is 1. The van der Waals surface area contributed by atoms with E-state index in [0.717, 1.165) is 25.2 Å². The molecule has 0 bridgehead atoms. The lowest BCUT2D eigenvalue weighted by Gasteiger charge is -2.28. The lowest BCUT2D eigenvalue weighted by Crippen LogP contribution is -2.24. The molecule has 1 aliphatic carbocycles. The van der Waals surface area contributed by atoms with Crippen molar-refractivity contribution in [1.29, 1.82) is 0 Å². The second-order valence-corrected chi connectivity index (χ2v) is 6.17. The minimum atomic E-state index is -0.170. The monoisotopic (exact) mass is 260 g/mol. The van der Waals surface area contributed by atoms with E-state index in [1.165, 1.54) is 36.0 Å². The van der Waals surface area contributed by atoms with Crippen LogP contribution >= 0.6 is 0 Å². The van der Waals surface area contributed by atoms with E-state index in [0.29, 0.717) is 5.92 Å². The van der Waals surface area contributed by atoms with Crippen LogP contribution in [0.1, 0.15) is 69.1 Å². The van der Waals surface area contributed by atoms with Gasteiger partial charge in [-0.1, -0.05) is 38.5 Å². The molecule has 2 rings (SSSR count). The van der Waals surface area contributed by atoms with Gasteiger partial charge in [0.1, 0.15) is 0 Å². The molecule has 1 aliphatic rings. The molecule has 0 radical (unpaired) electrons. The second kappa shape index (κ2) is 6.56. The Bertz CT molecular complexity index is 408. The molecular weight excluding hydrogens is 232 g/mol. The van der Waals surface area contributed by atoms with Gasteiger partial charge >= 0.3 is 0 Å². The summed E-state index contributed by atoms with van der Waals surface area (Å²) in [6, 6.07) is 7.09. The smallest absolute Gasteiger partial charge is 0.0543 e. The van der Waals surface area contributed by atoms with Crippen molar-refractivity contribution < 1.29 is 5.11 Å². The average molecular weight is 260 g/mol. The van der Waals surface area contributed by atoms with Gasteiger partial charge in [0.25, 0.3) is 0 Å². The highest BCUT2D eigenvalue weighted by Gasteiger charge is 2.23. The Morgan fingerprint density at radius 3 is 2.68 bits per heavy atom. The highest BCUT2D eigenvalue weighted by molar-refractivity contribution is 5.36.